The van der Waals surface area contributed by atoms with Crippen LogP contribution in [0.3, 0.4) is 0 Å². The van der Waals surface area contributed by atoms with Crippen molar-refractivity contribution in [2.75, 3.05) is 26.2 Å². The lowest BCUT2D eigenvalue weighted by Gasteiger charge is -2.22. The van der Waals surface area contributed by atoms with E-state index in [9.17, 15) is 0 Å². The van der Waals surface area contributed by atoms with E-state index in [4.69, 9.17) is 0 Å². The van der Waals surface area contributed by atoms with Gasteiger partial charge >= 0.3 is 0 Å². The molecule has 0 aromatic carbocycles. The van der Waals surface area contributed by atoms with Gasteiger partial charge in [-0.25, -0.2) is 0 Å². The van der Waals surface area contributed by atoms with Crippen LogP contribution in [-0.2, 0) is 0 Å². The summed E-state index contributed by atoms with van der Waals surface area (Å²) >= 11 is 0. The average molecular weight is 283 g/mol. The summed E-state index contributed by atoms with van der Waals surface area (Å²) < 4.78 is 0. The Bertz CT molecular complexity index is 207. The highest BCUT2D eigenvalue weighted by molar-refractivity contribution is 4.94. The van der Waals surface area contributed by atoms with E-state index in [0.717, 1.165) is 13.1 Å². The predicted octanol–water partition coefficient (Wildman–Crippen LogP) is 4.96. The molecule has 2 heteroatoms. The largest absolute Gasteiger partial charge is 0.388 e. The third-order valence-corrected chi connectivity index (χ3v) is 3.65. The molecule has 0 saturated heterocycles. The van der Waals surface area contributed by atoms with Gasteiger partial charge in [-0.05, 0) is 32.4 Å². The monoisotopic (exact) mass is 282 g/mol. The van der Waals surface area contributed by atoms with Crippen LogP contribution in [0.2, 0.25) is 0 Å². The molecule has 0 saturated carbocycles. The number of nitrogens with one attached hydrogen (secondary N) is 1. The highest BCUT2D eigenvalue weighted by Gasteiger charge is 2.04. The van der Waals surface area contributed by atoms with E-state index in [1.165, 1.54) is 76.6 Å². The lowest BCUT2D eigenvalue weighted by Crippen LogP contribution is -2.31. The minimum Gasteiger partial charge on any atom is -0.388 e. The quantitative estimate of drug-likeness (QED) is 0.427. The van der Waals surface area contributed by atoms with Crippen LogP contribution < -0.4 is 5.32 Å². The summed E-state index contributed by atoms with van der Waals surface area (Å²) in [5.41, 5.74) is 1.19. The minimum absolute atomic E-state index is 1.01. The second-order valence-corrected chi connectivity index (χ2v) is 5.93. The Kier molecular flexibility index (Phi) is 14.5. The second-order valence-electron chi connectivity index (χ2n) is 5.93. The molecule has 0 aromatic rings. The van der Waals surface area contributed by atoms with Gasteiger partial charge in [0.2, 0.25) is 0 Å². The summed E-state index contributed by atoms with van der Waals surface area (Å²) in [4.78, 5) is 2.50. The van der Waals surface area contributed by atoms with Crippen LogP contribution in [0.5, 0.6) is 0 Å². The minimum atomic E-state index is 1.01. The maximum Gasteiger partial charge on any atom is 0.0375 e. The van der Waals surface area contributed by atoms with E-state index < -0.39 is 0 Å². The molecule has 0 aliphatic rings. The van der Waals surface area contributed by atoms with Crippen molar-refractivity contribution in [2.24, 2.45) is 0 Å². The normalized spacial score (nSPS) is 11.0. The average Bonchev–Trinajstić information content (AvgIpc) is 2.42. The smallest absolute Gasteiger partial charge is 0.0375 e. The lowest BCUT2D eigenvalue weighted by molar-refractivity contribution is 0.292. The topological polar surface area (TPSA) is 15.3 Å². The van der Waals surface area contributed by atoms with Crippen molar-refractivity contribution in [2.45, 2.75) is 78.6 Å². The third kappa shape index (κ3) is 12.5. The first-order valence-electron chi connectivity index (χ1n) is 8.88. The Balaban J connectivity index is 3.47. The zero-order valence-electron chi connectivity index (χ0n) is 14.3. The van der Waals surface area contributed by atoms with Crippen molar-refractivity contribution in [3.8, 4) is 0 Å². The summed E-state index contributed by atoms with van der Waals surface area (Å²) in [6.45, 7) is 15.4. The van der Waals surface area contributed by atoms with E-state index in [1.807, 2.05) is 0 Å². The van der Waals surface area contributed by atoms with Gasteiger partial charge in [-0.1, -0.05) is 65.9 Å². The molecule has 0 amide bonds. The molecule has 0 heterocycles. The van der Waals surface area contributed by atoms with Gasteiger partial charge in [0, 0.05) is 18.8 Å². The Morgan fingerprint density at radius 3 is 1.90 bits per heavy atom. The summed E-state index contributed by atoms with van der Waals surface area (Å²) in [5.74, 6) is 0. The maximum absolute atomic E-state index is 4.16. The van der Waals surface area contributed by atoms with E-state index in [-0.39, 0.29) is 0 Å². The molecule has 0 fully saturated rings. The summed E-state index contributed by atoms with van der Waals surface area (Å²) in [7, 11) is 0. The van der Waals surface area contributed by atoms with E-state index in [1.54, 1.807) is 0 Å². The first-order chi connectivity index (χ1) is 9.74. The van der Waals surface area contributed by atoms with Gasteiger partial charge < -0.3 is 5.32 Å². The molecular formula is C18H38N2. The van der Waals surface area contributed by atoms with Crippen molar-refractivity contribution in [3.63, 3.8) is 0 Å². The molecule has 120 valence electrons. The van der Waals surface area contributed by atoms with Crippen LogP contribution in [0.25, 0.3) is 0 Å². The zero-order valence-corrected chi connectivity index (χ0v) is 14.3. The molecule has 0 bridgehead atoms. The van der Waals surface area contributed by atoms with Gasteiger partial charge in [-0.2, -0.15) is 0 Å². The van der Waals surface area contributed by atoms with Crippen molar-refractivity contribution >= 4 is 0 Å². The number of unbranched alkanes of at least 4 members (excludes halogenated alkanes) is 6. The first-order valence-corrected chi connectivity index (χ1v) is 8.88. The number of hydrogen-bond acceptors (Lipinski definition) is 2. The molecule has 0 unspecified atom stereocenters. The van der Waals surface area contributed by atoms with Gasteiger partial charge in [-0.15, -0.1) is 0 Å². The fourth-order valence-electron chi connectivity index (χ4n) is 2.58. The van der Waals surface area contributed by atoms with E-state index in [2.05, 4.69) is 37.6 Å². The summed E-state index contributed by atoms with van der Waals surface area (Å²) in [6, 6.07) is 0. The van der Waals surface area contributed by atoms with Crippen molar-refractivity contribution in [1.82, 2.24) is 10.2 Å². The van der Waals surface area contributed by atoms with Crippen LogP contribution in [-0.4, -0.2) is 31.1 Å². The van der Waals surface area contributed by atoms with Crippen LogP contribution in [0.1, 0.15) is 78.6 Å². The Morgan fingerprint density at radius 2 is 1.35 bits per heavy atom. The highest BCUT2D eigenvalue weighted by atomic mass is 15.1. The first kappa shape index (κ1) is 19.5. The molecule has 0 aliphatic carbocycles. The van der Waals surface area contributed by atoms with E-state index in [0.29, 0.717) is 0 Å². The number of rotatable bonds is 15. The summed E-state index contributed by atoms with van der Waals surface area (Å²) in [6.07, 6.45) is 12.1. The van der Waals surface area contributed by atoms with Gasteiger partial charge in [0.05, 0.1) is 0 Å². The maximum atomic E-state index is 4.16. The van der Waals surface area contributed by atoms with Gasteiger partial charge in [0.25, 0.3) is 0 Å². The predicted molar refractivity (Wildman–Crippen MR) is 92.2 cm³/mol. The van der Waals surface area contributed by atoms with Crippen molar-refractivity contribution in [3.05, 3.63) is 12.3 Å². The highest BCUT2D eigenvalue weighted by Crippen LogP contribution is 2.06. The lowest BCUT2D eigenvalue weighted by atomic mass is 10.1. The van der Waals surface area contributed by atoms with Gasteiger partial charge in [0.1, 0.15) is 0 Å². The molecule has 1 N–H and O–H groups in total. The fourth-order valence-corrected chi connectivity index (χ4v) is 2.58. The van der Waals surface area contributed by atoms with Crippen molar-refractivity contribution < 1.29 is 0 Å². The van der Waals surface area contributed by atoms with Crippen LogP contribution in [0.15, 0.2) is 12.3 Å². The molecule has 0 rings (SSSR count). The SMILES string of the molecule is C=C(CN(CCC)CCC)NCCCCCCCCC. The molecule has 0 aromatic heterocycles. The van der Waals surface area contributed by atoms with Crippen LogP contribution in [0, 0.1) is 0 Å². The van der Waals surface area contributed by atoms with Gasteiger partial charge in [-0.3, -0.25) is 4.90 Å². The van der Waals surface area contributed by atoms with Crippen molar-refractivity contribution in [1.29, 1.82) is 0 Å². The Labute approximate surface area is 128 Å². The Morgan fingerprint density at radius 1 is 0.800 bits per heavy atom. The molecular weight excluding hydrogens is 244 g/mol. The third-order valence-electron chi connectivity index (χ3n) is 3.65. The van der Waals surface area contributed by atoms with E-state index >= 15 is 0 Å². The number of nitrogens with zero attached hydrogens (tertiary/aromatic N) is 1. The molecule has 20 heavy (non-hydrogen) atoms. The summed E-state index contributed by atoms with van der Waals surface area (Å²) in [5, 5.41) is 3.50. The standard InChI is InChI=1S/C18H38N2/c1-5-8-9-10-11-12-13-14-19-18(4)17-20(15-6-2)16-7-3/h19H,4-17H2,1-3H3. The molecule has 0 atom stereocenters. The molecule has 0 spiro atoms. The van der Waals surface area contributed by atoms with Crippen LogP contribution >= 0.6 is 0 Å². The second kappa shape index (κ2) is 14.9. The number of hydrogen-bond donors (Lipinski definition) is 1. The van der Waals surface area contributed by atoms with Crippen LogP contribution in [0.4, 0.5) is 0 Å². The van der Waals surface area contributed by atoms with Gasteiger partial charge in [0.15, 0.2) is 0 Å². The fraction of sp³-hybridized carbons (Fsp3) is 0.889. The molecule has 0 radical (unpaired) electrons. The molecule has 0 aliphatic heterocycles. The zero-order chi connectivity index (χ0) is 15.1. The Hall–Kier alpha value is -0.500. The molecule has 2 nitrogen and oxygen atoms in total.